The van der Waals surface area contributed by atoms with Gasteiger partial charge >= 0.3 is 0 Å². The molecule has 1 aromatic heterocycles. The molecule has 0 saturated carbocycles. The number of aromatic nitrogens is 2. The highest BCUT2D eigenvalue weighted by Crippen LogP contribution is 2.22. The van der Waals surface area contributed by atoms with Gasteiger partial charge in [0.05, 0.1) is 5.69 Å². The Morgan fingerprint density at radius 2 is 1.95 bits per heavy atom. The van der Waals surface area contributed by atoms with Gasteiger partial charge in [-0.05, 0) is 53.2 Å². The fourth-order valence-corrected chi connectivity index (χ4v) is 3.27. The molecule has 1 N–H and O–H groups in total. The van der Waals surface area contributed by atoms with Crippen LogP contribution in [0.2, 0.25) is 0 Å². The lowest BCUT2D eigenvalue weighted by Crippen LogP contribution is -2.43. The Hall–Kier alpha value is -0.870. The van der Waals surface area contributed by atoms with Crippen molar-refractivity contribution in [3.63, 3.8) is 0 Å². The van der Waals surface area contributed by atoms with Crippen molar-refractivity contribution in [2.45, 2.75) is 52.6 Å². The van der Waals surface area contributed by atoms with Gasteiger partial charge in [-0.3, -0.25) is 4.68 Å². The zero-order valence-electron chi connectivity index (χ0n) is 13.0. The van der Waals surface area contributed by atoms with Gasteiger partial charge in [0.15, 0.2) is 0 Å². The summed E-state index contributed by atoms with van der Waals surface area (Å²) in [6.07, 6.45) is 2.52. The summed E-state index contributed by atoms with van der Waals surface area (Å²) in [5, 5.41) is 8.31. The topological polar surface area (TPSA) is 33.1 Å². The van der Waals surface area contributed by atoms with E-state index in [1.807, 2.05) is 11.7 Å². The van der Waals surface area contributed by atoms with Gasteiger partial charge in [0.25, 0.3) is 0 Å². The van der Waals surface area contributed by atoms with Crippen LogP contribution in [-0.4, -0.2) is 40.4 Å². The van der Waals surface area contributed by atoms with Gasteiger partial charge in [-0.1, -0.05) is 6.92 Å². The Bertz CT molecular complexity index is 416. The van der Waals surface area contributed by atoms with Gasteiger partial charge in [-0.15, -0.1) is 0 Å². The highest BCUT2D eigenvalue weighted by molar-refractivity contribution is 5.27. The molecule has 2 heterocycles. The molecule has 19 heavy (non-hydrogen) atoms. The van der Waals surface area contributed by atoms with Crippen molar-refractivity contribution in [3.05, 3.63) is 17.0 Å². The molecule has 1 aromatic rings. The molecular formula is C15H28N4. The van der Waals surface area contributed by atoms with E-state index in [0.29, 0.717) is 12.1 Å². The Kier molecular flexibility index (Phi) is 4.63. The number of hydrogen-bond acceptors (Lipinski definition) is 3. The van der Waals surface area contributed by atoms with Crippen LogP contribution in [0.25, 0.3) is 0 Å². The Morgan fingerprint density at radius 1 is 1.32 bits per heavy atom. The Morgan fingerprint density at radius 3 is 2.42 bits per heavy atom. The largest absolute Gasteiger partial charge is 0.307 e. The molecule has 2 rings (SSSR count). The molecule has 0 radical (unpaired) electrons. The average molecular weight is 264 g/mol. The second-order valence-corrected chi connectivity index (χ2v) is 5.80. The molecule has 108 valence electrons. The maximum atomic E-state index is 4.52. The molecule has 1 atom stereocenters. The lowest BCUT2D eigenvalue weighted by molar-refractivity contribution is 0.200. The summed E-state index contributed by atoms with van der Waals surface area (Å²) in [5.74, 6) is 0. The molecule has 1 saturated heterocycles. The summed E-state index contributed by atoms with van der Waals surface area (Å²) in [7, 11) is 2.03. The molecule has 0 bridgehead atoms. The molecule has 0 amide bonds. The van der Waals surface area contributed by atoms with Crippen molar-refractivity contribution >= 4 is 0 Å². The predicted molar refractivity (Wildman–Crippen MR) is 79.4 cm³/mol. The summed E-state index contributed by atoms with van der Waals surface area (Å²) >= 11 is 0. The monoisotopic (exact) mass is 264 g/mol. The third-order valence-electron chi connectivity index (χ3n) is 4.52. The maximum Gasteiger partial charge on any atom is 0.0644 e. The first-order valence-electron chi connectivity index (χ1n) is 7.51. The number of rotatable bonds is 4. The zero-order chi connectivity index (χ0) is 14.0. The van der Waals surface area contributed by atoms with Gasteiger partial charge in [0, 0.05) is 30.4 Å². The summed E-state index contributed by atoms with van der Waals surface area (Å²) in [6, 6.07) is 1.05. The summed E-state index contributed by atoms with van der Waals surface area (Å²) < 4.78 is 1.99. The summed E-state index contributed by atoms with van der Waals surface area (Å²) in [5.41, 5.74) is 3.81. The predicted octanol–water partition coefficient (Wildman–Crippen LogP) is 2.17. The minimum absolute atomic E-state index is 0.395. The Balaban J connectivity index is 1.96. The quantitative estimate of drug-likeness (QED) is 0.905. The summed E-state index contributed by atoms with van der Waals surface area (Å²) in [4.78, 5) is 2.53. The van der Waals surface area contributed by atoms with Crippen LogP contribution < -0.4 is 5.32 Å². The molecule has 0 aromatic carbocycles. The van der Waals surface area contributed by atoms with Crippen LogP contribution in [0.5, 0.6) is 0 Å². The van der Waals surface area contributed by atoms with Crippen molar-refractivity contribution in [3.8, 4) is 0 Å². The van der Waals surface area contributed by atoms with E-state index in [4.69, 9.17) is 0 Å². The molecule has 1 fully saturated rings. The van der Waals surface area contributed by atoms with E-state index in [1.165, 1.54) is 43.7 Å². The van der Waals surface area contributed by atoms with Crippen molar-refractivity contribution in [1.82, 2.24) is 20.0 Å². The third-order valence-corrected chi connectivity index (χ3v) is 4.52. The number of nitrogens with zero attached hydrogens (tertiary/aromatic N) is 3. The SMILES string of the molecule is CCN1CCC(NC(C)c2c(C)nn(C)c2C)CC1. The molecule has 0 aliphatic carbocycles. The highest BCUT2D eigenvalue weighted by Gasteiger charge is 2.22. The number of nitrogens with one attached hydrogen (secondary N) is 1. The van der Waals surface area contributed by atoms with Crippen LogP contribution >= 0.6 is 0 Å². The van der Waals surface area contributed by atoms with E-state index in [9.17, 15) is 0 Å². The van der Waals surface area contributed by atoms with Gasteiger partial charge < -0.3 is 10.2 Å². The van der Waals surface area contributed by atoms with E-state index in [2.05, 4.69) is 43.0 Å². The van der Waals surface area contributed by atoms with Gasteiger partial charge in [-0.25, -0.2) is 0 Å². The van der Waals surface area contributed by atoms with Gasteiger partial charge in [-0.2, -0.15) is 5.10 Å². The van der Waals surface area contributed by atoms with E-state index >= 15 is 0 Å². The lowest BCUT2D eigenvalue weighted by atomic mass is 10.0. The van der Waals surface area contributed by atoms with Crippen molar-refractivity contribution in [2.24, 2.45) is 7.05 Å². The van der Waals surface area contributed by atoms with Crippen LogP contribution in [-0.2, 0) is 7.05 Å². The molecule has 1 aliphatic heterocycles. The van der Waals surface area contributed by atoms with E-state index in [-0.39, 0.29) is 0 Å². The number of piperidine rings is 1. The summed E-state index contributed by atoms with van der Waals surface area (Å²) in [6.45, 7) is 12.4. The minimum atomic E-state index is 0.395. The molecule has 1 unspecified atom stereocenters. The standard InChI is InChI=1S/C15H28N4/c1-6-19-9-7-14(8-10-19)16-11(2)15-12(3)17-18(5)13(15)4/h11,14,16H,6-10H2,1-5H3. The minimum Gasteiger partial charge on any atom is -0.307 e. The zero-order valence-corrected chi connectivity index (χ0v) is 13.0. The smallest absolute Gasteiger partial charge is 0.0644 e. The number of aryl methyl sites for hydroxylation is 2. The fraction of sp³-hybridized carbons (Fsp3) is 0.800. The van der Waals surface area contributed by atoms with E-state index in [0.717, 1.165) is 5.69 Å². The van der Waals surface area contributed by atoms with Crippen LogP contribution in [0, 0.1) is 13.8 Å². The van der Waals surface area contributed by atoms with Crippen LogP contribution in [0.4, 0.5) is 0 Å². The van der Waals surface area contributed by atoms with E-state index < -0.39 is 0 Å². The number of hydrogen-bond donors (Lipinski definition) is 1. The van der Waals surface area contributed by atoms with E-state index in [1.54, 1.807) is 0 Å². The lowest BCUT2D eigenvalue weighted by Gasteiger charge is -2.33. The van der Waals surface area contributed by atoms with Crippen molar-refractivity contribution in [2.75, 3.05) is 19.6 Å². The molecule has 1 aliphatic rings. The normalized spacial score (nSPS) is 19.8. The third kappa shape index (κ3) is 3.18. The molecule has 4 nitrogen and oxygen atoms in total. The second kappa shape index (κ2) is 6.06. The highest BCUT2D eigenvalue weighted by atomic mass is 15.3. The second-order valence-electron chi connectivity index (χ2n) is 5.80. The van der Waals surface area contributed by atoms with Crippen molar-refractivity contribution < 1.29 is 0 Å². The van der Waals surface area contributed by atoms with Gasteiger partial charge in [0.1, 0.15) is 0 Å². The van der Waals surface area contributed by atoms with Crippen LogP contribution in [0.1, 0.15) is 49.7 Å². The molecule has 4 heteroatoms. The van der Waals surface area contributed by atoms with Crippen LogP contribution in [0.3, 0.4) is 0 Å². The van der Waals surface area contributed by atoms with Crippen molar-refractivity contribution in [1.29, 1.82) is 0 Å². The van der Waals surface area contributed by atoms with Crippen LogP contribution in [0.15, 0.2) is 0 Å². The Labute approximate surface area is 117 Å². The first-order valence-corrected chi connectivity index (χ1v) is 7.51. The first kappa shape index (κ1) is 14.5. The fourth-order valence-electron chi connectivity index (χ4n) is 3.27. The number of likely N-dealkylation sites (tertiary alicyclic amines) is 1. The first-order chi connectivity index (χ1) is 9.02. The average Bonchev–Trinajstić information content (AvgIpc) is 2.64. The van der Waals surface area contributed by atoms with Gasteiger partial charge in [0.2, 0.25) is 0 Å². The molecular weight excluding hydrogens is 236 g/mol. The molecule has 0 spiro atoms. The maximum absolute atomic E-state index is 4.52.